The highest BCUT2D eigenvalue weighted by Gasteiger charge is 2.36. The number of rotatable bonds is 3. The maximum Gasteiger partial charge on any atom is 0.0707 e. The number of nitrogens with two attached hydrogens (primary N) is 1. The molecule has 2 bridgehead atoms. The molecule has 0 aromatic heterocycles. The fraction of sp³-hybridized carbons (Fsp3) is 0.444. The van der Waals surface area contributed by atoms with Crippen LogP contribution in [0, 0.1) is 0 Å². The van der Waals surface area contributed by atoms with Crippen molar-refractivity contribution in [2.24, 2.45) is 5.73 Å². The van der Waals surface area contributed by atoms with Crippen LogP contribution in [0.25, 0.3) is 10.8 Å². The highest BCUT2D eigenvalue weighted by Crippen LogP contribution is 2.32. The van der Waals surface area contributed by atoms with Crippen LogP contribution in [-0.2, 0) is 4.74 Å². The monoisotopic (exact) mass is 282 g/mol. The summed E-state index contributed by atoms with van der Waals surface area (Å²) in [6.07, 6.45) is 3.24. The second kappa shape index (κ2) is 5.41. The highest BCUT2D eigenvalue weighted by atomic mass is 16.5. The molecule has 3 nitrogen and oxygen atoms in total. The Bertz CT molecular complexity index is 630. The Kier molecular flexibility index (Phi) is 3.42. The molecule has 2 aliphatic heterocycles. The summed E-state index contributed by atoms with van der Waals surface area (Å²) in [5, 5.41) is 2.59. The summed E-state index contributed by atoms with van der Waals surface area (Å²) in [7, 11) is 0. The number of ether oxygens (including phenoxy) is 1. The summed E-state index contributed by atoms with van der Waals surface area (Å²) < 4.78 is 5.95. The quantitative estimate of drug-likeness (QED) is 0.940. The lowest BCUT2D eigenvalue weighted by molar-refractivity contribution is -0.0520. The highest BCUT2D eigenvalue weighted by molar-refractivity contribution is 5.83. The summed E-state index contributed by atoms with van der Waals surface area (Å²) >= 11 is 0. The zero-order chi connectivity index (χ0) is 14.2. The number of morpholine rings is 1. The summed E-state index contributed by atoms with van der Waals surface area (Å²) in [4.78, 5) is 2.52. The van der Waals surface area contributed by atoms with Gasteiger partial charge in [0.1, 0.15) is 0 Å². The molecule has 0 amide bonds. The molecule has 3 unspecified atom stereocenters. The maximum absolute atomic E-state index is 6.11. The van der Waals surface area contributed by atoms with Crippen molar-refractivity contribution in [2.75, 3.05) is 19.6 Å². The van der Waals surface area contributed by atoms with E-state index >= 15 is 0 Å². The van der Waals surface area contributed by atoms with Crippen LogP contribution in [0.4, 0.5) is 0 Å². The Hall–Kier alpha value is -1.42. The van der Waals surface area contributed by atoms with Gasteiger partial charge in [0.25, 0.3) is 0 Å². The summed E-state index contributed by atoms with van der Waals surface area (Å²) in [5.74, 6) is 0. The Morgan fingerprint density at radius 3 is 2.48 bits per heavy atom. The third-order valence-electron chi connectivity index (χ3n) is 4.89. The first kappa shape index (κ1) is 13.3. The SMILES string of the molecule is NCC(c1ccc2ccccc2c1)N1CC2CCC(C1)O2. The Morgan fingerprint density at radius 2 is 1.76 bits per heavy atom. The van der Waals surface area contributed by atoms with E-state index in [1.807, 2.05) is 0 Å². The van der Waals surface area contributed by atoms with Crippen molar-refractivity contribution in [1.29, 1.82) is 0 Å². The molecule has 0 aliphatic carbocycles. The van der Waals surface area contributed by atoms with Gasteiger partial charge in [-0.2, -0.15) is 0 Å². The van der Waals surface area contributed by atoms with Crippen molar-refractivity contribution in [3.05, 3.63) is 48.0 Å². The van der Waals surface area contributed by atoms with Gasteiger partial charge in [-0.05, 0) is 35.2 Å². The third-order valence-corrected chi connectivity index (χ3v) is 4.89. The fourth-order valence-corrected chi connectivity index (χ4v) is 3.81. The van der Waals surface area contributed by atoms with Crippen molar-refractivity contribution in [3.63, 3.8) is 0 Å². The molecule has 4 rings (SSSR count). The van der Waals surface area contributed by atoms with Crippen LogP contribution in [0.1, 0.15) is 24.4 Å². The molecule has 0 radical (unpaired) electrons. The first-order valence-corrected chi connectivity index (χ1v) is 7.92. The van der Waals surface area contributed by atoms with E-state index in [0.717, 1.165) is 13.1 Å². The predicted octanol–water partition coefficient (Wildman–Crippen LogP) is 2.70. The molecule has 0 saturated carbocycles. The fourth-order valence-electron chi connectivity index (χ4n) is 3.81. The minimum Gasteiger partial charge on any atom is -0.372 e. The smallest absolute Gasteiger partial charge is 0.0707 e. The molecule has 2 aromatic rings. The van der Waals surface area contributed by atoms with Gasteiger partial charge in [0.2, 0.25) is 0 Å². The Morgan fingerprint density at radius 1 is 1.05 bits per heavy atom. The Labute approximate surface area is 125 Å². The van der Waals surface area contributed by atoms with E-state index in [4.69, 9.17) is 10.5 Å². The first-order valence-electron chi connectivity index (χ1n) is 7.92. The molecule has 2 heterocycles. The van der Waals surface area contributed by atoms with E-state index in [9.17, 15) is 0 Å². The van der Waals surface area contributed by atoms with Gasteiger partial charge < -0.3 is 10.5 Å². The van der Waals surface area contributed by atoms with E-state index < -0.39 is 0 Å². The molecule has 3 heteroatoms. The van der Waals surface area contributed by atoms with Crippen molar-refractivity contribution in [1.82, 2.24) is 4.90 Å². The van der Waals surface area contributed by atoms with Gasteiger partial charge in [0.15, 0.2) is 0 Å². The number of benzene rings is 2. The van der Waals surface area contributed by atoms with E-state index in [1.165, 1.54) is 29.2 Å². The molecule has 2 aromatic carbocycles. The van der Waals surface area contributed by atoms with Crippen LogP contribution in [0.2, 0.25) is 0 Å². The van der Waals surface area contributed by atoms with Gasteiger partial charge in [-0.3, -0.25) is 4.90 Å². The van der Waals surface area contributed by atoms with Gasteiger partial charge >= 0.3 is 0 Å². The molecular weight excluding hydrogens is 260 g/mol. The largest absolute Gasteiger partial charge is 0.372 e. The Balaban J connectivity index is 1.64. The first-order chi connectivity index (χ1) is 10.3. The van der Waals surface area contributed by atoms with Crippen LogP contribution >= 0.6 is 0 Å². The van der Waals surface area contributed by atoms with E-state index in [0.29, 0.717) is 24.8 Å². The second-order valence-electron chi connectivity index (χ2n) is 6.27. The number of fused-ring (bicyclic) bond motifs is 3. The molecule has 2 fully saturated rings. The van der Waals surface area contributed by atoms with Crippen molar-refractivity contribution < 1.29 is 4.74 Å². The van der Waals surface area contributed by atoms with Crippen LogP contribution in [-0.4, -0.2) is 36.7 Å². The molecule has 2 saturated heterocycles. The van der Waals surface area contributed by atoms with E-state index in [1.54, 1.807) is 0 Å². The standard InChI is InChI=1S/C18H22N2O/c19-10-18(20-11-16-7-8-17(12-20)21-16)15-6-5-13-3-1-2-4-14(13)9-15/h1-6,9,16-18H,7-8,10-12,19H2. The normalized spacial score (nSPS) is 27.1. The number of nitrogens with zero attached hydrogens (tertiary/aromatic N) is 1. The average molecular weight is 282 g/mol. The van der Waals surface area contributed by atoms with Crippen molar-refractivity contribution >= 4 is 10.8 Å². The molecular formula is C18H22N2O. The van der Waals surface area contributed by atoms with Gasteiger partial charge in [0, 0.05) is 25.7 Å². The summed E-state index contributed by atoms with van der Waals surface area (Å²) in [6, 6.07) is 15.6. The summed E-state index contributed by atoms with van der Waals surface area (Å²) in [6.45, 7) is 2.70. The maximum atomic E-state index is 6.11. The van der Waals surface area contributed by atoms with Crippen LogP contribution < -0.4 is 5.73 Å². The van der Waals surface area contributed by atoms with Gasteiger partial charge in [-0.15, -0.1) is 0 Å². The van der Waals surface area contributed by atoms with Crippen LogP contribution in [0.5, 0.6) is 0 Å². The molecule has 0 spiro atoms. The summed E-state index contributed by atoms with van der Waals surface area (Å²) in [5.41, 5.74) is 7.44. The predicted molar refractivity (Wildman–Crippen MR) is 85.2 cm³/mol. The molecule has 2 N–H and O–H groups in total. The molecule has 2 aliphatic rings. The minimum absolute atomic E-state index is 0.307. The number of likely N-dealkylation sites (tertiary alicyclic amines) is 1. The zero-order valence-electron chi connectivity index (χ0n) is 12.2. The lowest BCUT2D eigenvalue weighted by atomic mass is 10.00. The lowest BCUT2D eigenvalue weighted by Gasteiger charge is -2.37. The van der Waals surface area contributed by atoms with Crippen molar-refractivity contribution in [3.8, 4) is 0 Å². The van der Waals surface area contributed by atoms with Gasteiger partial charge in [0.05, 0.1) is 12.2 Å². The van der Waals surface area contributed by atoms with Gasteiger partial charge in [-0.1, -0.05) is 36.4 Å². The average Bonchev–Trinajstić information content (AvgIpc) is 2.86. The van der Waals surface area contributed by atoms with E-state index in [-0.39, 0.29) is 0 Å². The number of hydrogen-bond acceptors (Lipinski definition) is 3. The van der Waals surface area contributed by atoms with Gasteiger partial charge in [-0.25, -0.2) is 0 Å². The number of hydrogen-bond donors (Lipinski definition) is 1. The minimum atomic E-state index is 0.307. The third kappa shape index (κ3) is 2.46. The molecule has 21 heavy (non-hydrogen) atoms. The lowest BCUT2D eigenvalue weighted by Crippen LogP contribution is -2.46. The zero-order valence-corrected chi connectivity index (χ0v) is 12.2. The van der Waals surface area contributed by atoms with Crippen LogP contribution in [0.3, 0.4) is 0 Å². The molecule has 110 valence electrons. The van der Waals surface area contributed by atoms with E-state index in [2.05, 4.69) is 47.4 Å². The van der Waals surface area contributed by atoms with Crippen molar-refractivity contribution in [2.45, 2.75) is 31.1 Å². The topological polar surface area (TPSA) is 38.5 Å². The van der Waals surface area contributed by atoms with Crippen LogP contribution in [0.15, 0.2) is 42.5 Å². The molecule has 3 atom stereocenters. The second-order valence-corrected chi connectivity index (χ2v) is 6.27.